The Morgan fingerprint density at radius 2 is 2.00 bits per heavy atom. The summed E-state index contributed by atoms with van der Waals surface area (Å²) < 4.78 is 10.2. The number of nitrogens with zero attached hydrogens (tertiary/aromatic N) is 1. The molecule has 4 nitrogen and oxygen atoms in total. The molecule has 4 heteroatoms. The molecule has 118 valence electrons. The molecule has 1 atom stereocenters. The minimum atomic E-state index is -0.267. The number of rotatable bonds is 6. The van der Waals surface area contributed by atoms with Gasteiger partial charge in [-0.2, -0.15) is 0 Å². The van der Waals surface area contributed by atoms with Crippen LogP contribution in [-0.4, -0.2) is 50.3 Å². The van der Waals surface area contributed by atoms with Crippen LogP contribution in [-0.2, 0) is 14.3 Å². The third-order valence-corrected chi connectivity index (χ3v) is 4.12. The number of carbonyl (C=O) groups is 1. The van der Waals surface area contributed by atoms with E-state index in [0.29, 0.717) is 18.6 Å². The van der Waals surface area contributed by atoms with Crippen molar-refractivity contribution in [3.05, 3.63) is 0 Å². The van der Waals surface area contributed by atoms with Crippen molar-refractivity contribution in [3.63, 3.8) is 0 Å². The van der Waals surface area contributed by atoms with Crippen molar-refractivity contribution in [2.75, 3.05) is 39.5 Å². The molecule has 1 aliphatic heterocycles. The number of esters is 1. The maximum atomic E-state index is 11.1. The first-order chi connectivity index (χ1) is 9.43. The second-order valence-electron chi connectivity index (χ2n) is 6.69. The van der Waals surface area contributed by atoms with E-state index in [9.17, 15) is 4.79 Å². The molecular weight excluding hydrogens is 254 g/mol. The summed E-state index contributed by atoms with van der Waals surface area (Å²) in [5.41, 5.74) is 0.413. The van der Waals surface area contributed by atoms with Crippen LogP contribution in [0.2, 0.25) is 0 Å². The summed E-state index contributed by atoms with van der Waals surface area (Å²) in [6, 6.07) is 0. The van der Waals surface area contributed by atoms with E-state index in [1.165, 1.54) is 19.3 Å². The number of ether oxygens (including phenoxy) is 2. The summed E-state index contributed by atoms with van der Waals surface area (Å²) in [4.78, 5) is 13.6. The molecule has 0 bridgehead atoms. The third-order valence-electron chi connectivity index (χ3n) is 4.12. The lowest BCUT2D eigenvalue weighted by molar-refractivity contribution is -0.148. The van der Waals surface area contributed by atoms with Gasteiger partial charge in [0.25, 0.3) is 0 Å². The maximum Gasteiger partial charge on any atom is 0.332 e. The molecule has 0 amide bonds. The average Bonchev–Trinajstić information content (AvgIpc) is 2.60. The molecule has 0 aliphatic carbocycles. The molecule has 1 fully saturated rings. The highest BCUT2D eigenvalue weighted by atomic mass is 16.6. The molecule has 0 spiro atoms. The van der Waals surface area contributed by atoms with Crippen LogP contribution in [0.3, 0.4) is 0 Å². The predicted octanol–water partition coefficient (Wildman–Crippen LogP) is 2.71. The van der Waals surface area contributed by atoms with E-state index >= 15 is 0 Å². The van der Waals surface area contributed by atoms with Gasteiger partial charge < -0.3 is 14.4 Å². The smallest absolute Gasteiger partial charge is 0.332 e. The van der Waals surface area contributed by atoms with Gasteiger partial charge in [-0.15, -0.1) is 0 Å². The minimum Gasteiger partial charge on any atom is -0.464 e. The van der Waals surface area contributed by atoms with Gasteiger partial charge in [0.15, 0.2) is 0 Å². The van der Waals surface area contributed by atoms with E-state index < -0.39 is 0 Å². The summed E-state index contributed by atoms with van der Waals surface area (Å²) in [5, 5.41) is 0. The topological polar surface area (TPSA) is 38.8 Å². The molecule has 0 aromatic carbocycles. The average molecular weight is 285 g/mol. The lowest BCUT2D eigenvalue weighted by Gasteiger charge is -2.29. The van der Waals surface area contributed by atoms with Gasteiger partial charge in [-0.05, 0) is 50.6 Å². The van der Waals surface area contributed by atoms with Crippen LogP contribution in [0.1, 0.15) is 47.0 Å². The van der Waals surface area contributed by atoms with Crippen LogP contribution in [0.5, 0.6) is 0 Å². The fraction of sp³-hybridized carbons (Fsp3) is 0.938. The molecule has 1 rings (SSSR count). The highest BCUT2D eigenvalue weighted by Gasteiger charge is 2.26. The van der Waals surface area contributed by atoms with Gasteiger partial charge in [-0.1, -0.05) is 20.8 Å². The van der Waals surface area contributed by atoms with Crippen molar-refractivity contribution < 1.29 is 14.3 Å². The Hall–Kier alpha value is -0.610. The lowest BCUT2D eigenvalue weighted by Crippen LogP contribution is -2.30. The summed E-state index contributed by atoms with van der Waals surface area (Å²) in [7, 11) is 0. The van der Waals surface area contributed by atoms with E-state index in [1.54, 1.807) is 6.92 Å². The van der Waals surface area contributed by atoms with Crippen LogP contribution < -0.4 is 0 Å². The highest BCUT2D eigenvalue weighted by Crippen LogP contribution is 2.34. The van der Waals surface area contributed by atoms with E-state index in [0.717, 1.165) is 25.6 Å². The molecule has 0 radical (unpaired) electrons. The summed E-state index contributed by atoms with van der Waals surface area (Å²) in [5.74, 6) is 0.545. The Morgan fingerprint density at radius 3 is 2.65 bits per heavy atom. The second kappa shape index (κ2) is 8.63. The third kappa shape index (κ3) is 6.71. The second-order valence-corrected chi connectivity index (χ2v) is 6.69. The largest absolute Gasteiger partial charge is 0.464 e. The Kier molecular flexibility index (Phi) is 7.52. The van der Waals surface area contributed by atoms with Crippen molar-refractivity contribution in [3.8, 4) is 0 Å². The molecule has 1 heterocycles. The Balaban J connectivity index is 2.18. The molecule has 0 aromatic rings. The lowest BCUT2D eigenvalue weighted by atomic mass is 9.77. The van der Waals surface area contributed by atoms with E-state index in [1.807, 2.05) is 0 Å². The van der Waals surface area contributed by atoms with Gasteiger partial charge in [-0.3, -0.25) is 0 Å². The number of hydrogen-bond acceptors (Lipinski definition) is 4. The van der Waals surface area contributed by atoms with Crippen LogP contribution >= 0.6 is 0 Å². The van der Waals surface area contributed by atoms with Crippen molar-refractivity contribution in [2.45, 2.75) is 47.0 Å². The normalized spacial score (nSPS) is 21.5. The molecule has 1 aliphatic rings. The van der Waals surface area contributed by atoms with Crippen LogP contribution in [0.4, 0.5) is 0 Å². The van der Waals surface area contributed by atoms with Crippen LogP contribution in [0.15, 0.2) is 0 Å². The minimum absolute atomic E-state index is 0.0757. The first-order valence-electron chi connectivity index (χ1n) is 7.89. The zero-order valence-corrected chi connectivity index (χ0v) is 13.6. The zero-order valence-electron chi connectivity index (χ0n) is 13.6. The van der Waals surface area contributed by atoms with Crippen LogP contribution in [0.25, 0.3) is 0 Å². The molecule has 1 unspecified atom stereocenters. The SMILES string of the molecule is CCOC(=O)COCCN1CCCC(C(C)(C)C)CC1. The van der Waals surface area contributed by atoms with Gasteiger partial charge in [0.2, 0.25) is 0 Å². The summed E-state index contributed by atoms with van der Waals surface area (Å²) in [6.45, 7) is 13.1. The van der Waals surface area contributed by atoms with Gasteiger partial charge in [0.1, 0.15) is 6.61 Å². The number of likely N-dealkylation sites (tertiary alicyclic amines) is 1. The van der Waals surface area contributed by atoms with Crippen molar-refractivity contribution >= 4 is 5.97 Å². The van der Waals surface area contributed by atoms with E-state index in [2.05, 4.69) is 25.7 Å². The molecule has 0 saturated carbocycles. The highest BCUT2D eigenvalue weighted by molar-refractivity contribution is 5.70. The molecule has 0 N–H and O–H groups in total. The summed E-state index contributed by atoms with van der Waals surface area (Å²) >= 11 is 0. The molecular formula is C16H31NO3. The van der Waals surface area contributed by atoms with Gasteiger partial charge in [0.05, 0.1) is 13.2 Å². The van der Waals surface area contributed by atoms with Crippen LogP contribution in [0, 0.1) is 11.3 Å². The fourth-order valence-corrected chi connectivity index (χ4v) is 2.80. The van der Waals surface area contributed by atoms with Gasteiger partial charge in [-0.25, -0.2) is 4.79 Å². The Bertz CT molecular complexity index is 286. The maximum absolute atomic E-state index is 11.1. The molecule has 1 saturated heterocycles. The van der Waals surface area contributed by atoms with Gasteiger partial charge in [0, 0.05) is 6.54 Å². The molecule has 0 aromatic heterocycles. The van der Waals surface area contributed by atoms with Gasteiger partial charge >= 0.3 is 5.97 Å². The first-order valence-corrected chi connectivity index (χ1v) is 7.89. The zero-order chi connectivity index (χ0) is 15.0. The molecule has 20 heavy (non-hydrogen) atoms. The Morgan fingerprint density at radius 1 is 1.25 bits per heavy atom. The first kappa shape index (κ1) is 17.4. The quantitative estimate of drug-likeness (QED) is 0.555. The Labute approximate surface area is 123 Å². The predicted molar refractivity (Wildman–Crippen MR) is 80.7 cm³/mol. The van der Waals surface area contributed by atoms with E-state index in [-0.39, 0.29) is 12.6 Å². The van der Waals surface area contributed by atoms with Crippen molar-refractivity contribution in [2.24, 2.45) is 11.3 Å². The van der Waals surface area contributed by atoms with Crippen molar-refractivity contribution in [1.82, 2.24) is 4.90 Å². The number of hydrogen-bond donors (Lipinski definition) is 0. The van der Waals surface area contributed by atoms with E-state index in [4.69, 9.17) is 9.47 Å². The standard InChI is InChI=1S/C16H31NO3/c1-5-20-15(18)13-19-12-11-17-9-6-7-14(8-10-17)16(2,3)4/h14H,5-13H2,1-4H3. The monoisotopic (exact) mass is 285 g/mol. The number of carbonyl (C=O) groups excluding carboxylic acids is 1. The summed E-state index contributed by atoms with van der Waals surface area (Å²) in [6.07, 6.45) is 3.85. The van der Waals surface area contributed by atoms with Crippen molar-refractivity contribution in [1.29, 1.82) is 0 Å². The fourth-order valence-electron chi connectivity index (χ4n) is 2.80.